The first-order valence-corrected chi connectivity index (χ1v) is 10.2. The van der Waals surface area contributed by atoms with E-state index in [-0.39, 0.29) is 0 Å². The molecule has 1 aliphatic rings. The van der Waals surface area contributed by atoms with E-state index in [0.717, 1.165) is 74.2 Å². The lowest BCUT2D eigenvalue weighted by atomic mass is 9.97. The summed E-state index contributed by atoms with van der Waals surface area (Å²) >= 11 is 0. The van der Waals surface area contributed by atoms with Crippen LogP contribution in [0.15, 0.2) is 42.9 Å². The largest absolute Gasteiger partial charge is 0.356 e. The van der Waals surface area contributed by atoms with Crippen LogP contribution in [0.5, 0.6) is 0 Å². The maximum absolute atomic E-state index is 4.72. The summed E-state index contributed by atoms with van der Waals surface area (Å²) in [5, 5.41) is 0. The SMILES string of the molecule is CCCc1cc(N2CCC[C@@H](c3nccn3Cc3ccccn3)C2)nc(C)n1. The maximum atomic E-state index is 4.72. The van der Waals surface area contributed by atoms with Crippen molar-refractivity contribution in [2.75, 3.05) is 18.0 Å². The molecular weight excluding hydrogens is 348 g/mol. The molecule has 0 amide bonds. The van der Waals surface area contributed by atoms with E-state index in [1.54, 1.807) is 0 Å². The molecule has 1 saturated heterocycles. The van der Waals surface area contributed by atoms with Crippen molar-refractivity contribution < 1.29 is 0 Å². The number of aryl methyl sites for hydroxylation is 2. The van der Waals surface area contributed by atoms with Gasteiger partial charge >= 0.3 is 0 Å². The van der Waals surface area contributed by atoms with Crippen LogP contribution in [0.4, 0.5) is 5.82 Å². The molecule has 0 radical (unpaired) electrons. The van der Waals surface area contributed by atoms with Crippen LogP contribution >= 0.6 is 0 Å². The molecule has 0 N–H and O–H groups in total. The van der Waals surface area contributed by atoms with Crippen molar-refractivity contribution in [1.29, 1.82) is 0 Å². The van der Waals surface area contributed by atoms with Gasteiger partial charge in [-0.05, 0) is 38.3 Å². The lowest BCUT2D eigenvalue weighted by Gasteiger charge is -2.33. The van der Waals surface area contributed by atoms with Crippen molar-refractivity contribution in [3.8, 4) is 0 Å². The molecule has 4 heterocycles. The predicted octanol–water partition coefficient (Wildman–Crippen LogP) is 3.76. The molecule has 3 aromatic rings. The third-order valence-electron chi connectivity index (χ3n) is 5.30. The standard InChI is InChI=1S/C22H28N6/c1-3-7-19-14-21(26-17(2)25-19)27-12-6-8-18(15-27)22-24-11-13-28(22)16-20-9-4-5-10-23-20/h4-5,9-11,13-14,18H,3,6-8,12,15-16H2,1-2H3/t18-/m1/s1. The highest BCUT2D eigenvalue weighted by Crippen LogP contribution is 2.29. The van der Waals surface area contributed by atoms with Crippen LogP contribution in [0, 0.1) is 6.92 Å². The van der Waals surface area contributed by atoms with E-state index >= 15 is 0 Å². The zero-order valence-electron chi connectivity index (χ0n) is 16.8. The van der Waals surface area contributed by atoms with Crippen molar-refractivity contribution in [3.05, 3.63) is 65.9 Å². The number of piperidine rings is 1. The number of hydrogen-bond donors (Lipinski definition) is 0. The van der Waals surface area contributed by atoms with Crippen LogP contribution in [0.25, 0.3) is 0 Å². The Bertz CT molecular complexity index is 904. The van der Waals surface area contributed by atoms with Crippen LogP contribution in [0.2, 0.25) is 0 Å². The zero-order chi connectivity index (χ0) is 19.3. The second kappa shape index (κ2) is 8.50. The number of rotatable bonds is 6. The van der Waals surface area contributed by atoms with Gasteiger partial charge in [-0.15, -0.1) is 0 Å². The maximum Gasteiger partial charge on any atom is 0.132 e. The molecule has 3 aromatic heterocycles. The van der Waals surface area contributed by atoms with Crippen molar-refractivity contribution in [1.82, 2.24) is 24.5 Å². The van der Waals surface area contributed by atoms with Crippen molar-refractivity contribution >= 4 is 5.82 Å². The Balaban J connectivity index is 1.53. The highest BCUT2D eigenvalue weighted by atomic mass is 15.2. The minimum absolute atomic E-state index is 0.400. The fourth-order valence-electron chi connectivity index (χ4n) is 4.03. The van der Waals surface area contributed by atoms with Gasteiger partial charge in [0.2, 0.25) is 0 Å². The van der Waals surface area contributed by atoms with Gasteiger partial charge < -0.3 is 9.47 Å². The summed E-state index contributed by atoms with van der Waals surface area (Å²) in [6.07, 6.45) is 10.2. The molecule has 0 aliphatic carbocycles. The van der Waals surface area contributed by atoms with Crippen LogP contribution in [0.1, 0.15) is 55.1 Å². The van der Waals surface area contributed by atoms with Gasteiger partial charge in [-0.1, -0.05) is 19.4 Å². The van der Waals surface area contributed by atoms with Crippen molar-refractivity contribution in [2.45, 2.75) is 52.0 Å². The summed E-state index contributed by atoms with van der Waals surface area (Å²) in [4.78, 5) is 20.9. The molecule has 28 heavy (non-hydrogen) atoms. The molecular formula is C22H28N6. The van der Waals surface area contributed by atoms with E-state index in [0.29, 0.717) is 5.92 Å². The average Bonchev–Trinajstić information content (AvgIpc) is 3.17. The highest BCUT2D eigenvalue weighted by Gasteiger charge is 2.26. The summed E-state index contributed by atoms with van der Waals surface area (Å²) in [6.45, 7) is 6.93. The van der Waals surface area contributed by atoms with Crippen LogP contribution < -0.4 is 4.90 Å². The van der Waals surface area contributed by atoms with Gasteiger partial charge in [0, 0.05) is 49.4 Å². The van der Waals surface area contributed by atoms with Crippen LogP contribution in [-0.4, -0.2) is 37.6 Å². The second-order valence-electron chi connectivity index (χ2n) is 7.53. The number of hydrogen-bond acceptors (Lipinski definition) is 5. The Morgan fingerprint density at radius 1 is 1.11 bits per heavy atom. The van der Waals surface area contributed by atoms with E-state index in [1.165, 1.54) is 0 Å². The number of pyridine rings is 1. The van der Waals surface area contributed by atoms with Crippen LogP contribution in [-0.2, 0) is 13.0 Å². The minimum atomic E-state index is 0.400. The summed E-state index contributed by atoms with van der Waals surface area (Å²) in [7, 11) is 0. The second-order valence-corrected chi connectivity index (χ2v) is 7.53. The number of imidazole rings is 1. The molecule has 4 rings (SSSR count). The van der Waals surface area contributed by atoms with Crippen molar-refractivity contribution in [2.24, 2.45) is 0 Å². The molecule has 6 nitrogen and oxygen atoms in total. The number of nitrogens with zero attached hydrogens (tertiary/aromatic N) is 6. The lowest BCUT2D eigenvalue weighted by Crippen LogP contribution is -2.36. The fraction of sp³-hybridized carbons (Fsp3) is 0.455. The zero-order valence-corrected chi connectivity index (χ0v) is 16.8. The Morgan fingerprint density at radius 2 is 2.04 bits per heavy atom. The highest BCUT2D eigenvalue weighted by molar-refractivity contribution is 5.41. The number of anilines is 1. The monoisotopic (exact) mass is 376 g/mol. The van der Waals surface area contributed by atoms with E-state index in [9.17, 15) is 0 Å². The quantitative estimate of drug-likeness (QED) is 0.655. The summed E-state index contributed by atoms with van der Waals surface area (Å²) in [6, 6.07) is 8.22. The first-order chi connectivity index (χ1) is 13.7. The first kappa shape index (κ1) is 18.6. The Hall–Kier alpha value is -2.76. The first-order valence-electron chi connectivity index (χ1n) is 10.2. The van der Waals surface area contributed by atoms with Gasteiger partial charge in [0.05, 0.1) is 12.2 Å². The molecule has 0 bridgehead atoms. The normalized spacial score (nSPS) is 17.1. The fourth-order valence-corrected chi connectivity index (χ4v) is 4.03. The Kier molecular flexibility index (Phi) is 5.65. The number of aromatic nitrogens is 5. The molecule has 6 heteroatoms. The topological polar surface area (TPSA) is 59.7 Å². The van der Waals surface area contributed by atoms with E-state index in [2.05, 4.69) is 44.7 Å². The molecule has 1 aliphatic heterocycles. The van der Waals surface area contributed by atoms with Gasteiger partial charge in [-0.3, -0.25) is 4.98 Å². The molecule has 0 spiro atoms. The summed E-state index contributed by atoms with van der Waals surface area (Å²) < 4.78 is 2.24. The van der Waals surface area contributed by atoms with Crippen LogP contribution in [0.3, 0.4) is 0 Å². The average molecular weight is 377 g/mol. The minimum Gasteiger partial charge on any atom is -0.356 e. The third-order valence-corrected chi connectivity index (χ3v) is 5.30. The van der Waals surface area contributed by atoms with E-state index in [1.807, 2.05) is 31.5 Å². The molecule has 0 saturated carbocycles. The molecule has 1 fully saturated rings. The molecule has 146 valence electrons. The smallest absolute Gasteiger partial charge is 0.132 e. The van der Waals surface area contributed by atoms with Crippen molar-refractivity contribution in [3.63, 3.8) is 0 Å². The Morgan fingerprint density at radius 3 is 2.86 bits per heavy atom. The lowest BCUT2D eigenvalue weighted by molar-refractivity contribution is 0.473. The molecule has 0 aromatic carbocycles. The van der Waals surface area contributed by atoms with Gasteiger partial charge in [-0.2, -0.15) is 0 Å². The summed E-state index contributed by atoms with van der Waals surface area (Å²) in [5.74, 6) is 3.47. The van der Waals surface area contributed by atoms with E-state index in [4.69, 9.17) is 9.97 Å². The molecule has 1 atom stereocenters. The Labute approximate surface area is 166 Å². The third kappa shape index (κ3) is 4.21. The van der Waals surface area contributed by atoms with Gasteiger partial charge in [-0.25, -0.2) is 15.0 Å². The summed E-state index contributed by atoms with van der Waals surface area (Å²) in [5.41, 5.74) is 2.20. The van der Waals surface area contributed by atoms with E-state index < -0.39 is 0 Å². The van der Waals surface area contributed by atoms with Gasteiger partial charge in [0.25, 0.3) is 0 Å². The predicted molar refractivity (Wildman–Crippen MR) is 111 cm³/mol. The van der Waals surface area contributed by atoms with Gasteiger partial charge in [0.1, 0.15) is 17.5 Å². The molecule has 0 unspecified atom stereocenters. The van der Waals surface area contributed by atoms with Gasteiger partial charge in [0.15, 0.2) is 0 Å².